The van der Waals surface area contributed by atoms with Crippen LogP contribution >= 0.6 is 34.2 Å². The van der Waals surface area contributed by atoms with Gasteiger partial charge < -0.3 is 0 Å². The molecule has 0 aromatic carbocycles. The van der Waals surface area contributed by atoms with Crippen LogP contribution in [0.25, 0.3) is 0 Å². The van der Waals surface area contributed by atoms with Crippen molar-refractivity contribution in [2.75, 3.05) is 17.3 Å². The Balaban J connectivity index is 2.28. The van der Waals surface area contributed by atoms with Gasteiger partial charge in [-0.05, 0) is 4.91 Å². The molecule has 0 nitrogen and oxygen atoms in total. The monoisotopic (exact) mass is 242 g/mol. The third-order valence-corrected chi connectivity index (χ3v) is 11.1. The Kier molecular flexibility index (Phi) is 5.65. The first-order valence-electron chi connectivity index (χ1n) is 3.80. The molecule has 0 fully saturated rings. The van der Waals surface area contributed by atoms with Crippen molar-refractivity contribution >= 4 is 41.3 Å². The summed E-state index contributed by atoms with van der Waals surface area (Å²) in [6.45, 7) is 0. The second-order valence-corrected chi connectivity index (χ2v) is 11.7. The normalized spacial score (nSPS) is 20.5. The Morgan fingerprint density at radius 3 is 2.92 bits per heavy atom. The number of terminal acetylenes is 2. The molecule has 4 heteroatoms. The average molecular weight is 242 g/mol. The Labute approximate surface area is 93.6 Å². The maximum atomic E-state index is 5.21. The van der Waals surface area contributed by atoms with Crippen molar-refractivity contribution in [1.29, 1.82) is 0 Å². The first kappa shape index (κ1) is 11.2. The van der Waals surface area contributed by atoms with E-state index in [2.05, 4.69) is 28.8 Å². The van der Waals surface area contributed by atoms with Crippen molar-refractivity contribution in [3.8, 4) is 24.7 Å². The lowest BCUT2D eigenvalue weighted by molar-refractivity contribution is 1.75. The van der Waals surface area contributed by atoms with Crippen molar-refractivity contribution in [3.05, 3.63) is 10.6 Å². The Morgan fingerprint density at radius 2 is 2.23 bits per heavy atom. The summed E-state index contributed by atoms with van der Waals surface area (Å²) in [5, 5.41) is 0. The minimum atomic E-state index is -0.760. The molecule has 0 amide bonds. The van der Waals surface area contributed by atoms with Gasteiger partial charge in [-0.2, -0.15) is 22.4 Å². The van der Waals surface area contributed by atoms with Gasteiger partial charge in [0.15, 0.2) is 7.10 Å². The van der Waals surface area contributed by atoms with Gasteiger partial charge in [0.25, 0.3) is 0 Å². The molecule has 68 valence electrons. The molecule has 0 aliphatic carbocycles. The molecular weight excluding hydrogens is 232 g/mol. The molecule has 0 spiro atoms. The molecule has 0 bridgehead atoms. The highest BCUT2D eigenvalue weighted by Crippen LogP contribution is 2.34. The Morgan fingerprint density at radius 1 is 1.46 bits per heavy atom. The molecule has 13 heavy (non-hydrogen) atoms. The van der Waals surface area contributed by atoms with Crippen LogP contribution in [0.3, 0.4) is 0 Å². The molecular formula is C9H10S3Si. The lowest BCUT2D eigenvalue weighted by atomic mass is 10.7. The van der Waals surface area contributed by atoms with E-state index < -0.39 is 7.10 Å². The van der Waals surface area contributed by atoms with Crippen LogP contribution in [0.4, 0.5) is 0 Å². The largest absolute Gasteiger partial charge is 0.186 e. The summed E-state index contributed by atoms with van der Waals surface area (Å²) in [5.74, 6) is 8.12. The zero-order valence-corrected chi connectivity index (χ0v) is 10.8. The van der Waals surface area contributed by atoms with Gasteiger partial charge in [0.1, 0.15) is 0 Å². The predicted molar refractivity (Wildman–Crippen MR) is 70.3 cm³/mol. The fourth-order valence-corrected chi connectivity index (χ4v) is 10.7. The maximum absolute atomic E-state index is 5.21. The summed E-state index contributed by atoms with van der Waals surface area (Å²) >= 11 is 5.81. The van der Waals surface area contributed by atoms with Crippen LogP contribution < -0.4 is 0 Å². The fraction of sp³-hybridized carbons (Fsp3) is 0.333. The summed E-state index contributed by atoms with van der Waals surface area (Å²) in [6, 6.07) is 0. The van der Waals surface area contributed by atoms with Gasteiger partial charge in [0.05, 0.1) is 5.75 Å². The number of thioether (sulfide) groups is 1. The van der Waals surface area contributed by atoms with E-state index in [0.717, 1.165) is 17.3 Å². The Bertz CT molecular complexity index is 272. The van der Waals surface area contributed by atoms with Crippen LogP contribution in [0.2, 0.25) is 0 Å². The molecule has 1 aliphatic rings. The minimum absolute atomic E-state index is 0.760. The van der Waals surface area contributed by atoms with Crippen molar-refractivity contribution in [3.63, 3.8) is 0 Å². The number of hydrogen-bond donors (Lipinski definition) is 0. The van der Waals surface area contributed by atoms with Crippen molar-refractivity contribution in [2.45, 2.75) is 0 Å². The van der Waals surface area contributed by atoms with Crippen LogP contribution in [0.15, 0.2) is 10.6 Å². The first-order chi connectivity index (χ1) is 6.36. The number of hydrogen-bond acceptors (Lipinski definition) is 3. The summed E-state index contributed by atoms with van der Waals surface area (Å²) in [5.41, 5.74) is 2.41. The van der Waals surface area contributed by atoms with Gasteiger partial charge in [-0.25, -0.2) is 0 Å². The van der Waals surface area contributed by atoms with Gasteiger partial charge in [0.2, 0.25) is 0 Å². The maximum Gasteiger partial charge on any atom is 0.186 e. The third-order valence-electron chi connectivity index (χ3n) is 1.38. The molecule has 1 rings (SSSR count). The average Bonchev–Trinajstić information content (AvgIpc) is 2.59. The lowest BCUT2D eigenvalue weighted by Crippen LogP contribution is -1.94. The Hall–Kier alpha value is 0.127. The van der Waals surface area contributed by atoms with Crippen LogP contribution in [0.5, 0.6) is 0 Å². The fourth-order valence-electron chi connectivity index (χ4n) is 0.863. The van der Waals surface area contributed by atoms with Crippen LogP contribution in [0.1, 0.15) is 0 Å². The van der Waals surface area contributed by atoms with Gasteiger partial charge >= 0.3 is 0 Å². The van der Waals surface area contributed by atoms with Gasteiger partial charge in [-0.3, -0.25) is 0 Å². The minimum Gasteiger partial charge on any atom is -0.166 e. The van der Waals surface area contributed by atoms with Crippen LogP contribution in [-0.4, -0.2) is 24.4 Å². The molecule has 1 aliphatic heterocycles. The zero-order chi connectivity index (χ0) is 9.52. The standard InChI is InChI=1S/C9H10S3Si/c1-3-5-10-9-7-12-13(8-9)11-6-4-2/h1-2,8,13H,5-7H2. The molecule has 0 aromatic heterocycles. The quantitative estimate of drug-likeness (QED) is 0.547. The molecule has 0 saturated carbocycles. The van der Waals surface area contributed by atoms with E-state index in [9.17, 15) is 0 Å². The number of rotatable bonds is 4. The molecule has 0 radical (unpaired) electrons. The summed E-state index contributed by atoms with van der Waals surface area (Å²) in [7, 11) is -0.760. The molecule has 0 aromatic rings. The molecule has 1 atom stereocenters. The topological polar surface area (TPSA) is 0 Å². The SMILES string of the molecule is C#CCSC1=C[SiH](SCC#C)SC1. The van der Waals surface area contributed by atoms with E-state index in [1.165, 1.54) is 4.91 Å². The summed E-state index contributed by atoms with van der Waals surface area (Å²) in [4.78, 5) is 1.46. The van der Waals surface area contributed by atoms with Crippen molar-refractivity contribution in [2.24, 2.45) is 0 Å². The van der Waals surface area contributed by atoms with Crippen LogP contribution in [0, 0.1) is 24.7 Å². The van der Waals surface area contributed by atoms with Gasteiger partial charge in [0, 0.05) is 11.5 Å². The van der Waals surface area contributed by atoms with Crippen molar-refractivity contribution < 1.29 is 0 Å². The molecule has 0 N–H and O–H groups in total. The summed E-state index contributed by atoms with van der Waals surface area (Å²) < 4.78 is 0. The highest BCUT2D eigenvalue weighted by atomic mass is 32.6. The predicted octanol–water partition coefficient (Wildman–Crippen LogP) is 2.11. The van der Waals surface area contributed by atoms with Gasteiger partial charge in [-0.15, -0.1) is 24.6 Å². The van der Waals surface area contributed by atoms with E-state index in [1.807, 2.05) is 11.2 Å². The molecule has 1 heterocycles. The zero-order valence-electron chi connectivity index (χ0n) is 7.16. The van der Waals surface area contributed by atoms with E-state index in [1.54, 1.807) is 11.8 Å². The van der Waals surface area contributed by atoms with E-state index in [0.29, 0.717) is 0 Å². The van der Waals surface area contributed by atoms with Crippen LogP contribution in [-0.2, 0) is 0 Å². The smallest absolute Gasteiger partial charge is 0.166 e. The molecule has 0 saturated heterocycles. The highest BCUT2D eigenvalue weighted by Gasteiger charge is 2.17. The van der Waals surface area contributed by atoms with Gasteiger partial charge in [-0.1, -0.05) is 17.5 Å². The van der Waals surface area contributed by atoms with E-state index >= 15 is 0 Å². The second-order valence-electron chi connectivity index (χ2n) is 2.32. The molecule has 1 unspecified atom stereocenters. The first-order valence-corrected chi connectivity index (χ1v) is 10.4. The third kappa shape index (κ3) is 4.24. The van der Waals surface area contributed by atoms with Crippen molar-refractivity contribution in [1.82, 2.24) is 0 Å². The second kappa shape index (κ2) is 6.56. The lowest BCUT2D eigenvalue weighted by Gasteiger charge is -1.98. The van der Waals surface area contributed by atoms with E-state index in [4.69, 9.17) is 12.8 Å². The van der Waals surface area contributed by atoms with E-state index in [-0.39, 0.29) is 0 Å². The highest BCUT2D eigenvalue weighted by molar-refractivity contribution is 8.55. The summed E-state index contributed by atoms with van der Waals surface area (Å²) in [6.07, 6.45) is 10.4.